The van der Waals surface area contributed by atoms with Crippen LogP contribution >= 0.6 is 0 Å². The Morgan fingerprint density at radius 3 is 2.38 bits per heavy atom. The largest absolute Gasteiger partial charge is 0.469 e. The minimum Gasteiger partial charge on any atom is -0.469 e. The number of fused-ring (bicyclic) bond motifs is 3. The monoisotopic (exact) mass is 408 g/mol. The molecule has 7 heteroatoms. The SMILES string of the molecule is COC(=O)C=C1CCC2C(C1C)C(O)C(=O)C1C2(C)CCC(O)C1(C)C(=O)OC. The first-order valence-corrected chi connectivity index (χ1v) is 10.3. The van der Waals surface area contributed by atoms with Crippen LogP contribution in [-0.4, -0.2) is 54.4 Å². The van der Waals surface area contributed by atoms with E-state index in [1.54, 1.807) is 6.92 Å². The van der Waals surface area contributed by atoms with Gasteiger partial charge in [0.15, 0.2) is 5.78 Å². The van der Waals surface area contributed by atoms with Crippen molar-refractivity contribution in [1.29, 1.82) is 0 Å². The second-order valence-corrected chi connectivity index (χ2v) is 9.37. The Bertz CT molecular complexity index is 743. The van der Waals surface area contributed by atoms with Crippen LogP contribution in [0, 0.1) is 34.5 Å². The molecule has 3 aliphatic carbocycles. The Kier molecular flexibility index (Phi) is 5.69. The molecular weight excluding hydrogens is 376 g/mol. The van der Waals surface area contributed by atoms with Gasteiger partial charge in [-0.25, -0.2) is 4.79 Å². The lowest BCUT2D eigenvalue weighted by Gasteiger charge is -2.62. The Morgan fingerprint density at radius 1 is 1.14 bits per heavy atom. The molecule has 8 unspecified atom stereocenters. The van der Waals surface area contributed by atoms with E-state index in [2.05, 4.69) is 0 Å². The number of carbonyl (C=O) groups excluding carboxylic acids is 3. The van der Waals surface area contributed by atoms with Gasteiger partial charge in [0.25, 0.3) is 0 Å². The van der Waals surface area contributed by atoms with E-state index in [9.17, 15) is 24.6 Å². The van der Waals surface area contributed by atoms with Gasteiger partial charge in [-0.3, -0.25) is 9.59 Å². The van der Waals surface area contributed by atoms with Crippen LogP contribution in [0.4, 0.5) is 0 Å². The lowest BCUT2D eigenvalue weighted by Crippen LogP contribution is -2.68. The lowest BCUT2D eigenvalue weighted by atomic mass is 9.41. The number of hydrogen-bond donors (Lipinski definition) is 2. The zero-order chi connectivity index (χ0) is 21.7. The van der Waals surface area contributed by atoms with Crippen LogP contribution in [0.1, 0.15) is 46.5 Å². The van der Waals surface area contributed by atoms with Crippen LogP contribution in [0.15, 0.2) is 11.6 Å². The Balaban J connectivity index is 2.06. The Labute approximate surface area is 171 Å². The predicted octanol–water partition coefficient (Wildman–Crippen LogP) is 1.65. The third-order valence-electron chi connectivity index (χ3n) is 8.20. The first-order chi connectivity index (χ1) is 13.5. The number of hydrogen-bond acceptors (Lipinski definition) is 7. The molecule has 0 amide bonds. The number of Topliss-reactive ketones (excluding diaryl/α,β-unsaturated/α-hetero) is 1. The number of aliphatic hydroxyl groups is 2. The minimum atomic E-state index is -1.39. The average molecular weight is 408 g/mol. The lowest BCUT2D eigenvalue weighted by molar-refractivity contribution is -0.209. The highest BCUT2D eigenvalue weighted by atomic mass is 16.5. The average Bonchev–Trinajstić information content (AvgIpc) is 2.70. The molecule has 3 fully saturated rings. The van der Waals surface area contributed by atoms with Gasteiger partial charge >= 0.3 is 11.9 Å². The number of aliphatic hydroxyl groups excluding tert-OH is 2. The van der Waals surface area contributed by atoms with Crippen molar-refractivity contribution < 1.29 is 34.1 Å². The number of carbonyl (C=O) groups is 3. The maximum atomic E-state index is 13.5. The molecule has 0 radical (unpaired) electrons. The fraction of sp³-hybridized carbons (Fsp3) is 0.773. The molecule has 0 saturated heterocycles. The van der Waals surface area contributed by atoms with Gasteiger partial charge in [0.2, 0.25) is 0 Å². The van der Waals surface area contributed by atoms with Gasteiger partial charge in [-0.15, -0.1) is 0 Å². The van der Waals surface area contributed by atoms with Gasteiger partial charge in [-0.2, -0.15) is 0 Å². The predicted molar refractivity (Wildman–Crippen MR) is 103 cm³/mol. The maximum Gasteiger partial charge on any atom is 0.330 e. The van der Waals surface area contributed by atoms with E-state index in [0.29, 0.717) is 25.7 Å². The molecule has 29 heavy (non-hydrogen) atoms. The van der Waals surface area contributed by atoms with Gasteiger partial charge in [-0.05, 0) is 49.9 Å². The fourth-order valence-electron chi connectivity index (χ4n) is 6.64. The number of methoxy groups -OCH3 is 2. The number of rotatable bonds is 2. The van der Waals surface area contributed by atoms with Gasteiger partial charge in [0.1, 0.15) is 11.5 Å². The summed E-state index contributed by atoms with van der Waals surface area (Å²) in [5.41, 5.74) is -1.07. The summed E-state index contributed by atoms with van der Waals surface area (Å²) >= 11 is 0. The third-order valence-corrected chi connectivity index (χ3v) is 8.20. The molecule has 3 aliphatic rings. The van der Waals surface area contributed by atoms with E-state index in [-0.39, 0.29) is 17.8 Å². The molecule has 7 nitrogen and oxygen atoms in total. The van der Waals surface area contributed by atoms with Crippen LogP contribution in [0.25, 0.3) is 0 Å². The number of ether oxygens (including phenoxy) is 2. The highest BCUT2D eigenvalue weighted by Crippen LogP contribution is 2.64. The van der Waals surface area contributed by atoms with Gasteiger partial charge in [0.05, 0.1) is 20.3 Å². The molecule has 0 heterocycles. The summed E-state index contributed by atoms with van der Waals surface area (Å²) in [6, 6.07) is 0. The Morgan fingerprint density at radius 2 is 1.79 bits per heavy atom. The standard InChI is InChI=1S/C22H32O7/c1-11-12(10-15(24)28-4)6-7-13-16(11)17(25)18(26)19-21(13,2)9-8-14(23)22(19,3)20(27)29-5/h10-11,13-14,16-17,19,23,25H,6-9H2,1-5H3. The maximum absolute atomic E-state index is 13.5. The zero-order valence-corrected chi connectivity index (χ0v) is 17.8. The van der Waals surface area contributed by atoms with E-state index < -0.39 is 46.7 Å². The molecule has 8 atom stereocenters. The van der Waals surface area contributed by atoms with Crippen molar-refractivity contribution in [3.8, 4) is 0 Å². The molecule has 0 aromatic carbocycles. The first-order valence-electron chi connectivity index (χ1n) is 10.3. The van der Waals surface area contributed by atoms with E-state index in [1.807, 2.05) is 13.8 Å². The van der Waals surface area contributed by atoms with E-state index in [4.69, 9.17) is 9.47 Å². The van der Waals surface area contributed by atoms with Crippen molar-refractivity contribution in [1.82, 2.24) is 0 Å². The van der Waals surface area contributed by atoms with Crippen molar-refractivity contribution in [3.05, 3.63) is 11.6 Å². The molecule has 3 saturated carbocycles. The smallest absolute Gasteiger partial charge is 0.330 e. The molecule has 2 N–H and O–H groups in total. The van der Waals surface area contributed by atoms with Crippen LogP contribution in [0.5, 0.6) is 0 Å². The first kappa shape index (κ1) is 22.0. The number of allylic oxidation sites excluding steroid dienone is 1. The van der Waals surface area contributed by atoms with Crippen molar-refractivity contribution in [2.75, 3.05) is 14.2 Å². The van der Waals surface area contributed by atoms with Crippen molar-refractivity contribution in [2.24, 2.45) is 34.5 Å². The van der Waals surface area contributed by atoms with Gasteiger partial charge in [-0.1, -0.05) is 19.4 Å². The molecule has 0 aliphatic heterocycles. The summed E-state index contributed by atoms with van der Waals surface area (Å²) in [5.74, 6) is -2.81. The number of esters is 2. The quantitative estimate of drug-likeness (QED) is 0.528. The van der Waals surface area contributed by atoms with E-state index in [1.165, 1.54) is 20.3 Å². The molecule has 3 rings (SSSR count). The second kappa shape index (κ2) is 7.51. The Hall–Kier alpha value is -1.73. The van der Waals surface area contributed by atoms with Crippen LogP contribution in [-0.2, 0) is 23.9 Å². The van der Waals surface area contributed by atoms with Crippen molar-refractivity contribution >= 4 is 17.7 Å². The molecule has 0 bridgehead atoms. The highest BCUT2D eigenvalue weighted by molar-refractivity contribution is 5.94. The molecule has 0 aromatic heterocycles. The van der Waals surface area contributed by atoms with Crippen LogP contribution in [0.2, 0.25) is 0 Å². The second-order valence-electron chi connectivity index (χ2n) is 9.37. The van der Waals surface area contributed by atoms with Gasteiger partial charge < -0.3 is 19.7 Å². The van der Waals surface area contributed by atoms with Crippen molar-refractivity contribution in [3.63, 3.8) is 0 Å². The molecule has 0 spiro atoms. The summed E-state index contributed by atoms with van der Waals surface area (Å²) in [5, 5.41) is 21.8. The number of ketones is 1. The highest BCUT2D eigenvalue weighted by Gasteiger charge is 2.68. The summed E-state index contributed by atoms with van der Waals surface area (Å²) < 4.78 is 9.72. The third kappa shape index (κ3) is 3.05. The van der Waals surface area contributed by atoms with Gasteiger partial charge in [0, 0.05) is 17.9 Å². The molecule has 162 valence electrons. The zero-order valence-electron chi connectivity index (χ0n) is 17.8. The minimum absolute atomic E-state index is 0.0125. The summed E-state index contributed by atoms with van der Waals surface area (Å²) in [6.45, 7) is 5.53. The van der Waals surface area contributed by atoms with Crippen LogP contribution in [0.3, 0.4) is 0 Å². The van der Waals surface area contributed by atoms with Crippen LogP contribution < -0.4 is 0 Å². The van der Waals surface area contributed by atoms with E-state index in [0.717, 1.165) is 5.57 Å². The molecular formula is C22H32O7. The summed E-state index contributed by atoms with van der Waals surface area (Å²) in [6.07, 6.45) is 1.55. The molecule has 0 aromatic rings. The van der Waals surface area contributed by atoms with Crippen molar-refractivity contribution in [2.45, 2.75) is 58.7 Å². The summed E-state index contributed by atoms with van der Waals surface area (Å²) in [4.78, 5) is 37.9. The topological polar surface area (TPSA) is 110 Å². The fourth-order valence-corrected chi connectivity index (χ4v) is 6.64. The van der Waals surface area contributed by atoms with E-state index >= 15 is 0 Å². The summed E-state index contributed by atoms with van der Waals surface area (Å²) in [7, 11) is 2.58. The normalized spacial score (nSPS) is 45.9.